The third-order valence-electron chi connectivity index (χ3n) is 1.99. The minimum absolute atomic E-state index is 0.158. The summed E-state index contributed by atoms with van der Waals surface area (Å²) in [5.41, 5.74) is 1.71. The molecule has 0 saturated heterocycles. The molecular weight excluding hydrogens is 174 g/mol. The highest BCUT2D eigenvalue weighted by molar-refractivity contribution is 6.20. The van der Waals surface area contributed by atoms with Crippen molar-refractivity contribution in [1.82, 2.24) is 5.32 Å². The molecule has 1 N–H and O–H groups in total. The summed E-state index contributed by atoms with van der Waals surface area (Å²) in [5, 5.41) is 2.90. The topological polar surface area (TPSA) is 29.1 Å². The van der Waals surface area contributed by atoms with Gasteiger partial charge in [0.1, 0.15) is 0 Å². The maximum absolute atomic E-state index is 11.6. The van der Waals surface area contributed by atoms with Gasteiger partial charge >= 0.3 is 0 Å². The maximum Gasteiger partial charge on any atom is 0.164 e. The van der Waals surface area contributed by atoms with Crippen LogP contribution < -0.4 is 5.32 Å². The number of hydrogen-bond acceptors (Lipinski definition) is 2. The van der Waals surface area contributed by atoms with Crippen molar-refractivity contribution in [3.05, 3.63) is 42.1 Å². The molecule has 0 aliphatic heterocycles. The molecule has 0 aliphatic carbocycles. The third kappa shape index (κ3) is 2.46. The fraction of sp³-hybridized carbons (Fsp3) is 0.250. The van der Waals surface area contributed by atoms with Crippen LogP contribution in [0.1, 0.15) is 18.9 Å². The molecule has 0 atom stereocenters. The zero-order valence-corrected chi connectivity index (χ0v) is 8.58. The molecular formula is C12H15NO. The molecule has 0 bridgehead atoms. The summed E-state index contributed by atoms with van der Waals surface area (Å²) in [7, 11) is 1.80. The number of nitrogens with one attached hydrogen (secondary N) is 1. The highest BCUT2D eigenvalue weighted by Crippen LogP contribution is 2.15. The lowest BCUT2D eigenvalue weighted by Gasteiger charge is -2.04. The van der Waals surface area contributed by atoms with Crippen LogP contribution in [0.2, 0.25) is 0 Å². The van der Waals surface area contributed by atoms with Crippen LogP contribution in [0.4, 0.5) is 0 Å². The second-order valence-electron chi connectivity index (χ2n) is 2.99. The van der Waals surface area contributed by atoms with Crippen LogP contribution >= 0.6 is 0 Å². The normalized spacial score (nSPS) is 11.1. The van der Waals surface area contributed by atoms with Gasteiger partial charge in [0.05, 0.1) is 0 Å². The summed E-state index contributed by atoms with van der Waals surface area (Å²) in [6.45, 7) is 1.87. The smallest absolute Gasteiger partial charge is 0.164 e. The summed E-state index contributed by atoms with van der Waals surface area (Å²) in [6, 6.07) is 9.69. The summed E-state index contributed by atoms with van der Waals surface area (Å²) in [5.74, 6) is 0.158. The van der Waals surface area contributed by atoms with E-state index in [1.54, 1.807) is 13.2 Å². The lowest BCUT2D eigenvalue weighted by Crippen LogP contribution is -2.04. The van der Waals surface area contributed by atoms with Crippen molar-refractivity contribution in [3.63, 3.8) is 0 Å². The van der Waals surface area contributed by atoms with E-state index in [4.69, 9.17) is 0 Å². The zero-order chi connectivity index (χ0) is 10.4. The van der Waals surface area contributed by atoms with Crippen molar-refractivity contribution < 1.29 is 4.79 Å². The van der Waals surface area contributed by atoms with E-state index in [2.05, 4.69) is 5.32 Å². The molecule has 74 valence electrons. The first-order chi connectivity index (χ1) is 6.79. The van der Waals surface area contributed by atoms with Gasteiger partial charge in [0, 0.05) is 25.2 Å². The van der Waals surface area contributed by atoms with Crippen LogP contribution in [0, 0.1) is 0 Å². The van der Waals surface area contributed by atoms with E-state index < -0.39 is 0 Å². The van der Waals surface area contributed by atoms with Crippen molar-refractivity contribution in [3.8, 4) is 0 Å². The lowest BCUT2D eigenvalue weighted by atomic mass is 10.0. The Labute approximate surface area is 84.6 Å². The van der Waals surface area contributed by atoms with Crippen molar-refractivity contribution in [1.29, 1.82) is 0 Å². The van der Waals surface area contributed by atoms with Gasteiger partial charge in [0.15, 0.2) is 5.78 Å². The monoisotopic (exact) mass is 189 g/mol. The summed E-state index contributed by atoms with van der Waals surface area (Å²) in [6.07, 6.45) is 2.28. The summed E-state index contributed by atoms with van der Waals surface area (Å²) in [4.78, 5) is 11.6. The van der Waals surface area contributed by atoms with Gasteiger partial charge < -0.3 is 5.32 Å². The maximum atomic E-state index is 11.6. The average Bonchev–Trinajstić information content (AvgIpc) is 2.26. The van der Waals surface area contributed by atoms with E-state index in [1.807, 2.05) is 37.3 Å². The van der Waals surface area contributed by atoms with Gasteiger partial charge in [-0.1, -0.05) is 37.3 Å². The molecule has 1 aromatic carbocycles. The van der Waals surface area contributed by atoms with Crippen molar-refractivity contribution in [2.24, 2.45) is 0 Å². The SMILES string of the molecule is CCC(=O)C(=CNC)c1ccccc1. The number of ketones is 1. The fourth-order valence-electron chi connectivity index (χ4n) is 1.28. The second-order valence-corrected chi connectivity index (χ2v) is 2.99. The fourth-order valence-corrected chi connectivity index (χ4v) is 1.28. The van der Waals surface area contributed by atoms with E-state index in [1.165, 1.54) is 0 Å². The predicted molar refractivity (Wildman–Crippen MR) is 58.8 cm³/mol. The molecule has 2 heteroatoms. The average molecular weight is 189 g/mol. The molecule has 2 nitrogen and oxygen atoms in total. The minimum Gasteiger partial charge on any atom is -0.393 e. The molecule has 0 heterocycles. The Bertz CT molecular complexity index is 327. The zero-order valence-electron chi connectivity index (χ0n) is 8.58. The van der Waals surface area contributed by atoms with Gasteiger partial charge in [-0.05, 0) is 5.56 Å². The second kappa shape index (κ2) is 5.22. The van der Waals surface area contributed by atoms with E-state index >= 15 is 0 Å². The molecule has 0 spiro atoms. The molecule has 1 aromatic rings. The number of allylic oxidation sites excluding steroid dienone is 1. The molecule has 14 heavy (non-hydrogen) atoms. The van der Waals surface area contributed by atoms with Crippen LogP contribution in [-0.2, 0) is 4.79 Å². The molecule has 0 fully saturated rings. The Morgan fingerprint density at radius 1 is 1.36 bits per heavy atom. The van der Waals surface area contributed by atoms with Gasteiger partial charge in [0.25, 0.3) is 0 Å². The minimum atomic E-state index is 0.158. The molecule has 0 aliphatic rings. The van der Waals surface area contributed by atoms with E-state index in [0.29, 0.717) is 6.42 Å². The Hall–Kier alpha value is -1.57. The van der Waals surface area contributed by atoms with Crippen molar-refractivity contribution in [2.75, 3.05) is 7.05 Å². The quantitative estimate of drug-likeness (QED) is 0.736. The van der Waals surface area contributed by atoms with Crippen molar-refractivity contribution in [2.45, 2.75) is 13.3 Å². The molecule has 0 amide bonds. The molecule has 0 radical (unpaired) electrons. The first kappa shape index (κ1) is 10.5. The van der Waals surface area contributed by atoms with E-state index in [9.17, 15) is 4.79 Å². The Balaban J connectivity index is 3.02. The first-order valence-corrected chi connectivity index (χ1v) is 4.75. The van der Waals surface area contributed by atoms with Crippen LogP contribution in [0.5, 0.6) is 0 Å². The number of rotatable bonds is 4. The van der Waals surface area contributed by atoms with Crippen LogP contribution in [0.25, 0.3) is 5.57 Å². The number of carbonyl (C=O) groups excluding carboxylic acids is 1. The molecule has 1 rings (SSSR count). The van der Waals surface area contributed by atoms with Crippen LogP contribution in [0.3, 0.4) is 0 Å². The van der Waals surface area contributed by atoms with Gasteiger partial charge in [-0.2, -0.15) is 0 Å². The number of benzene rings is 1. The van der Waals surface area contributed by atoms with E-state index in [-0.39, 0.29) is 5.78 Å². The number of Topliss-reactive ketones (excluding diaryl/α,β-unsaturated/α-hetero) is 1. The summed E-state index contributed by atoms with van der Waals surface area (Å²) < 4.78 is 0. The van der Waals surface area contributed by atoms with Crippen molar-refractivity contribution >= 4 is 11.4 Å². The van der Waals surface area contributed by atoms with E-state index in [0.717, 1.165) is 11.1 Å². The van der Waals surface area contributed by atoms with Crippen LogP contribution in [-0.4, -0.2) is 12.8 Å². The van der Waals surface area contributed by atoms with Gasteiger partial charge in [0.2, 0.25) is 0 Å². The Morgan fingerprint density at radius 3 is 2.50 bits per heavy atom. The van der Waals surface area contributed by atoms with Gasteiger partial charge in [-0.3, -0.25) is 4.79 Å². The predicted octanol–water partition coefficient (Wildman–Crippen LogP) is 2.23. The standard InChI is InChI=1S/C12H15NO/c1-3-12(14)11(9-13-2)10-7-5-4-6-8-10/h4-9,13H,3H2,1-2H3. The highest BCUT2D eigenvalue weighted by Gasteiger charge is 2.08. The third-order valence-corrected chi connectivity index (χ3v) is 1.99. The number of hydrogen-bond donors (Lipinski definition) is 1. The summed E-state index contributed by atoms with van der Waals surface area (Å²) >= 11 is 0. The molecule has 0 aromatic heterocycles. The Morgan fingerprint density at radius 2 is 2.00 bits per heavy atom. The Kier molecular flexibility index (Phi) is 3.92. The van der Waals surface area contributed by atoms with Gasteiger partial charge in [-0.25, -0.2) is 0 Å². The highest BCUT2D eigenvalue weighted by atomic mass is 16.1. The lowest BCUT2D eigenvalue weighted by molar-refractivity contribution is -0.113. The molecule has 0 saturated carbocycles. The van der Waals surface area contributed by atoms with Gasteiger partial charge in [-0.15, -0.1) is 0 Å². The van der Waals surface area contributed by atoms with Crippen LogP contribution in [0.15, 0.2) is 36.5 Å². The largest absolute Gasteiger partial charge is 0.393 e. The first-order valence-electron chi connectivity index (χ1n) is 4.75. The number of carbonyl (C=O) groups is 1. The molecule has 0 unspecified atom stereocenters.